The summed E-state index contributed by atoms with van der Waals surface area (Å²) in [5.74, 6) is 1.09. The second kappa shape index (κ2) is 5.52. The van der Waals surface area contributed by atoms with E-state index < -0.39 is 0 Å². The fourth-order valence-corrected chi connectivity index (χ4v) is 2.47. The zero-order valence-electron chi connectivity index (χ0n) is 10.8. The molecule has 0 aromatic heterocycles. The third-order valence-corrected chi connectivity index (χ3v) is 3.22. The van der Waals surface area contributed by atoms with Crippen molar-refractivity contribution < 1.29 is 4.74 Å². The molecule has 0 spiro atoms. The Labute approximate surface area is 104 Å². The van der Waals surface area contributed by atoms with Gasteiger partial charge in [0.15, 0.2) is 0 Å². The lowest BCUT2D eigenvalue weighted by molar-refractivity contribution is 0.224. The number of nitrogens with two attached hydrogens (primary N) is 1. The third kappa shape index (κ3) is 2.99. The Morgan fingerprint density at radius 3 is 2.94 bits per heavy atom. The molecule has 0 fully saturated rings. The number of hydrogen-bond acceptors (Lipinski definition) is 3. The van der Waals surface area contributed by atoms with Gasteiger partial charge in [0.2, 0.25) is 0 Å². The minimum atomic E-state index is 0.761. The van der Waals surface area contributed by atoms with Crippen molar-refractivity contribution in [2.45, 2.75) is 26.8 Å². The van der Waals surface area contributed by atoms with Gasteiger partial charge in [-0.3, -0.25) is 4.90 Å². The van der Waals surface area contributed by atoms with Gasteiger partial charge in [-0.2, -0.15) is 0 Å². The van der Waals surface area contributed by atoms with Crippen LogP contribution in [0, 0.1) is 13.8 Å². The molecule has 1 heterocycles. The Bertz CT molecular complexity index is 390. The van der Waals surface area contributed by atoms with Crippen molar-refractivity contribution in [2.75, 3.05) is 26.2 Å². The summed E-state index contributed by atoms with van der Waals surface area (Å²) in [5, 5.41) is 0. The minimum absolute atomic E-state index is 0.761. The molecular weight excluding hydrogens is 212 g/mol. The molecule has 1 aliphatic rings. The zero-order chi connectivity index (χ0) is 12.3. The Hall–Kier alpha value is -1.06. The van der Waals surface area contributed by atoms with Gasteiger partial charge in [0.05, 0.1) is 0 Å². The third-order valence-electron chi connectivity index (χ3n) is 3.22. The average molecular weight is 234 g/mol. The number of nitrogens with zero attached hydrogens (tertiary/aromatic N) is 1. The number of benzene rings is 1. The summed E-state index contributed by atoms with van der Waals surface area (Å²) >= 11 is 0. The highest BCUT2D eigenvalue weighted by Crippen LogP contribution is 2.28. The van der Waals surface area contributed by atoms with Gasteiger partial charge in [0.25, 0.3) is 0 Å². The van der Waals surface area contributed by atoms with Crippen molar-refractivity contribution in [3.63, 3.8) is 0 Å². The lowest BCUT2D eigenvalue weighted by Gasteiger charge is -2.18. The number of hydrogen-bond donors (Lipinski definition) is 1. The predicted molar refractivity (Wildman–Crippen MR) is 70.4 cm³/mol. The molecule has 0 radical (unpaired) electrons. The molecule has 3 heteroatoms. The summed E-state index contributed by atoms with van der Waals surface area (Å²) in [5.41, 5.74) is 9.45. The first-order chi connectivity index (χ1) is 8.20. The van der Waals surface area contributed by atoms with Gasteiger partial charge in [-0.1, -0.05) is 17.7 Å². The van der Waals surface area contributed by atoms with E-state index in [-0.39, 0.29) is 0 Å². The molecular formula is C14H22N2O. The normalized spacial score (nSPS) is 16.2. The number of aryl methyl sites for hydroxylation is 2. The van der Waals surface area contributed by atoms with E-state index in [0.29, 0.717) is 0 Å². The summed E-state index contributed by atoms with van der Waals surface area (Å²) in [6, 6.07) is 4.43. The van der Waals surface area contributed by atoms with Crippen LogP contribution in [0.25, 0.3) is 0 Å². The van der Waals surface area contributed by atoms with Crippen LogP contribution < -0.4 is 10.5 Å². The molecule has 2 N–H and O–H groups in total. The molecule has 0 saturated heterocycles. The first-order valence-electron chi connectivity index (χ1n) is 6.36. The maximum absolute atomic E-state index is 5.87. The van der Waals surface area contributed by atoms with Gasteiger partial charge in [0.1, 0.15) is 12.4 Å². The Kier molecular flexibility index (Phi) is 4.02. The fourth-order valence-electron chi connectivity index (χ4n) is 2.47. The van der Waals surface area contributed by atoms with Crippen LogP contribution in [-0.2, 0) is 6.54 Å². The monoisotopic (exact) mass is 234 g/mol. The van der Waals surface area contributed by atoms with E-state index in [1.807, 2.05) is 0 Å². The highest BCUT2D eigenvalue weighted by atomic mass is 16.5. The van der Waals surface area contributed by atoms with Crippen LogP contribution >= 0.6 is 0 Å². The summed E-state index contributed by atoms with van der Waals surface area (Å²) in [6.45, 7) is 8.85. The summed E-state index contributed by atoms with van der Waals surface area (Å²) in [6.07, 6.45) is 1.06. The quantitative estimate of drug-likeness (QED) is 0.867. The van der Waals surface area contributed by atoms with Crippen molar-refractivity contribution in [1.82, 2.24) is 4.90 Å². The van der Waals surface area contributed by atoms with E-state index >= 15 is 0 Å². The first-order valence-corrected chi connectivity index (χ1v) is 6.36. The Balaban J connectivity index is 2.18. The van der Waals surface area contributed by atoms with Gasteiger partial charge in [-0.05, 0) is 38.9 Å². The first kappa shape index (κ1) is 12.4. The smallest absolute Gasteiger partial charge is 0.126 e. The van der Waals surface area contributed by atoms with E-state index in [1.165, 1.54) is 16.7 Å². The van der Waals surface area contributed by atoms with Crippen molar-refractivity contribution in [3.05, 3.63) is 28.8 Å². The number of ether oxygens (including phenoxy) is 1. The molecule has 0 bridgehead atoms. The Morgan fingerprint density at radius 1 is 1.35 bits per heavy atom. The molecule has 94 valence electrons. The van der Waals surface area contributed by atoms with E-state index in [1.54, 1.807) is 0 Å². The zero-order valence-corrected chi connectivity index (χ0v) is 10.8. The van der Waals surface area contributed by atoms with Gasteiger partial charge < -0.3 is 10.5 Å². The van der Waals surface area contributed by atoms with E-state index in [0.717, 1.165) is 45.0 Å². The highest BCUT2D eigenvalue weighted by Gasteiger charge is 2.16. The fraction of sp³-hybridized carbons (Fsp3) is 0.571. The lowest BCUT2D eigenvalue weighted by atomic mass is 10.1. The molecule has 1 aliphatic heterocycles. The largest absolute Gasteiger partial charge is 0.492 e. The van der Waals surface area contributed by atoms with Crippen LogP contribution in [0.2, 0.25) is 0 Å². The molecule has 0 saturated carbocycles. The average Bonchev–Trinajstić information content (AvgIpc) is 2.48. The van der Waals surface area contributed by atoms with Crippen molar-refractivity contribution in [1.29, 1.82) is 0 Å². The number of fused-ring (bicyclic) bond motifs is 1. The highest BCUT2D eigenvalue weighted by molar-refractivity contribution is 5.44. The van der Waals surface area contributed by atoms with Gasteiger partial charge >= 0.3 is 0 Å². The van der Waals surface area contributed by atoms with Gasteiger partial charge in [0, 0.05) is 18.7 Å². The maximum atomic E-state index is 5.87. The molecule has 1 aromatic rings. The van der Waals surface area contributed by atoms with Crippen LogP contribution in [0.3, 0.4) is 0 Å². The van der Waals surface area contributed by atoms with Crippen LogP contribution in [-0.4, -0.2) is 31.1 Å². The second-order valence-electron chi connectivity index (χ2n) is 4.84. The van der Waals surface area contributed by atoms with Gasteiger partial charge in [-0.25, -0.2) is 0 Å². The molecule has 0 amide bonds. The predicted octanol–water partition coefficient (Wildman–Crippen LogP) is 1.85. The van der Waals surface area contributed by atoms with Crippen molar-refractivity contribution >= 4 is 0 Å². The van der Waals surface area contributed by atoms with Crippen LogP contribution in [0.15, 0.2) is 12.1 Å². The summed E-state index contributed by atoms with van der Waals surface area (Å²) in [7, 11) is 0. The van der Waals surface area contributed by atoms with E-state index in [9.17, 15) is 0 Å². The molecule has 2 rings (SSSR count). The summed E-state index contributed by atoms with van der Waals surface area (Å²) < 4.78 is 5.87. The topological polar surface area (TPSA) is 38.5 Å². The number of rotatable bonds is 3. The van der Waals surface area contributed by atoms with Crippen molar-refractivity contribution in [3.8, 4) is 5.75 Å². The SMILES string of the molecule is Cc1cc(C)c2c(c1)CN(CCCN)CCO2. The van der Waals surface area contributed by atoms with Gasteiger partial charge in [-0.15, -0.1) is 0 Å². The Morgan fingerprint density at radius 2 is 2.18 bits per heavy atom. The molecule has 1 aromatic carbocycles. The van der Waals surface area contributed by atoms with Crippen LogP contribution in [0.1, 0.15) is 23.1 Å². The van der Waals surface area contributed by atoms with Crippen LogP contribution in [0.5, 0.6) is 5.75 Å². The molecule has 17 heavy (non-hydrogen) atoms. The standard InChI is InChI=1S/C14H22N2O/c1-11-8-12(2)14-13(9-11)10-16(5-3-4-15)6-7-17-14/h8-9H,3-7,10,15H2,1-2H3. The molecule has 0 unspecified atom stereocenters. The molecule has 0 atom stereocenters. The van der Waals surface area contributed by atoms with E-state index in [4.69, 9.17) is 10.5 Å². The van der Waals surface area contributed by atoms with E-state index in [2.05, 4.69) is 30.9 Å². The van der Waals surface area contributed by atoms with Crippen molar-refractivity contribution in [2.24, 2.45) is 5.73 Å². The van der Waals surface area contributed by atoms with Crippen LogP contribution in [0.4, 0.5) is 0 Å². The summed E-state index contributed by atoms with van der Waals surface area (Å²) in [4.78, 5) is 2.43. The minimum Gasteiger partial charge on any atom is -0.492 e. The lowest BCUT2D eigenvalue weighted by Crippen LogP contribution is -2.28. The molecule has 3 nitrogen and oxygen atoms in total. The molecule has 0 aliphatic carbocycles. The second-order valence-corrected chi connectivity index (χ2v) is 4.84. The maximum Gasteiger partial charge on any atom is 0.126 e.